The topological polar surface area (TPSA) is 84.2 Å². The van der Waals surface area contributed by atoms with Gasteiger partial charge in [0, 0.05) is 15.2 Å². The summed E-state index contributed by atoms with van der Waals surface area (Å²) in [6.07, 6.45) is 3.28. The zero-order valence-corrected chi connectivity index (χ0v) is 18.0. The van der Waals surface area contributed by atoms with E-state index >= 15 is 0 Å². The number of thioether (sulfide) groups is 1. The highest BCUT2D eigenvalue weighted by Crippen LogP contribution is 2.88. The van der Waals surface area contributed by atoms with Gasteiger partial charge in [-0.05, 0) is 60.3 Å². The van der Waals surface area contributed by atoms with E-state index in [2.05, 4.69) is 12.6 Å². The Bertz CT molecular complexity index is 979. The molecule has 2 aliphatic carbocycles. The molecule has 2 aromatic carbocycles. The molecule has 5 nitrogen and oxygen atoms in total. The molecule has 0 radical (unpaired) electrons. The second kappa shape index (κ2) is 5.93. The first-order valence-corrected chi connectivity index (χ1v) is 11.4. The van der Waals surface area contributed by atoms with Gasteiger partial charge in [-0.1, -0.05) is 31.2 Å². The average Bonchev–Trinajstić information content (AvgIpc) is 3.53. The predicted molar refractivity (Wildman–Crippen MR) is 115 cm³/mol. The van der Waals surface area contributed by atoms with Crippen LogP contribution in [0, 0.1) is 16.7 Å². The number of hydrogen-bond acceptors (Lipinski definition) is 7. The van der Waals surface area contributed by atoms with Gasteiger partial charge in [0.25, 0.3) is 11.8 Å². The van der Waals surface area contributed by atoms with E-state index in [1.807, 2.05) is 49.6 Å². The van der Waals surface area contributed by atoms with Crippen molar-refractivity contribution < 1.29 is 20.4 Å². The predicted octanol–water partition coefficient (Wildman–Crippen LogP) is 2.99. The van der Waals surface area contributed by atoms with E-state index in [1.54, 1.807) is 12.1 Å². The minimum Gasteiger partial charge on any atom is -0.348 e. The molecule has 154 valence electrons. The fraction of sp³-hybridized carbons (Fsp3) is 0.455. The Hall–Kier alpha value is -1.22. The largest absolute Gasteiger partial charge is 0.348 e. The van der Waals surface area contributed by atoms with E-state index in [4.69, 9.17) is 0 Å². The first kappa shape index (κ1) is 19.7. The molecule has 4 unspecified atom stereocenters. The smallest absolute Gasteiger partial charge is 0.258 e. The van der Waals surface area contributed by atoms with Crippen LogP contribution in [0.25, 0.3) is 0 Å². The standard InChI is InChI=1S/C22H25NO4S2/c1-19-12-20(19)11-15(20)18(13-7-9-14(28)10-8-13)21(24,25)23(22(19,26)27)16-5-3-4-6-17(16)29-2/h3-10,15,18,24-28H,11-12H2,1-2H3. The summed E-state index contributed by atoms with van der Waals surface area (Å²) >= 11 is 5.77. The van der Waals surface area contributed by atoms with Crippen LogP contribution in [0.15, 0.2) is 58.3 Å². The lowest BCUT2D eigenvalue weighted by molar-refractivity contribution is -0.279. The number of para-hydroxylation sites is 1. The van der Waals surface area contributed by atoms with E-state index in [0.717, 1.165) is 26.7 Å². The fourth-order valence-corrected chi connectivity index (χ4v) is 6.56. The molecule has 1 heterocycles. The molecule has 1 saturated heterocycles. The molecule has 0 aromatic heterocycles. The average molecular weight is 432 g/mol. The van der Waals surface area contributed by atoms with Gasteiger partial charge < -0.3 is 20.4 Å². The number of benzene rings is 2. The molecular formula is C22H25NO4S2. The summed E-state index contributed by atoms with van der Waals surface area (Å²) in [4.78, 5) is 2.56. The van der Waals surface area contributed by atoms with Crippen molar-refractivity contribution in [3.05, 3.63) is 54.1 Å². The molecule has 1 spiro atoms. The van der Waals surface area contributed by atoms with Gasteiger partial charge in [0.1, 0.15) is 0 Å². The molecule has 7 heteroatoms. The van der Waals surface area contributed by atoms with Crippen molar-refractivity contribution in [2.45, 2.75) is 47.3 Å². The number of rotatable bonds is 3. The maximum absolute atomic E-state index is 11.6. The molecule has 2 saturated carbocycles. The molecule has 29 heavy (non-hydrogen) atoms. The minimum absolute atomic E-state index is 0.0432. The third-order valence-corrected chi connectivity index (χ3v) is 8.64. The second-order valence-electron chi connectivity index (χ2n) is 8.87. The van der Waals surface area contributed by atoms with Gasteiger partial charge in [-0.3, -0.25) is 4.90 Å². The van der Waals surface area contributed by atoms with E-state index in [1.165, 1.54) is 11.8 Å². The van der Waals surface area contributed by atoms with Gasteiger partial charge in [-0.2, -0.15) is 0 Å². The monoisotopic (exact) mass is 431 g/mol. The summed E-state index contributed by atoms with van der Waals surface area (Å²) in [7, 11) is 0. The number of hydrogen-bond donors (Lipinski definition) is 5. The normalized spacial score (nSPS) is 36.0. The van der Waals surface area contributed by atoms with E-state index in [-0.39, 0.29) is 11.3 Å². The lowest BCUT2D eigenvalue weighted by atomic mass is 9.88. The van der Waals surface area contributed by atoms with Gasteiger partial charge in [-0.15, -0.1) is 24.4 Å². The van der Waals surface area contributed by atoms with Crippen molar-refractivity contribution >= 4 is 30.1 Å². The highest BCUT2D eigenvalue weighted by molar-refractivity contribution is 7.98. The Labute approximate surface area is 179 Å². The Morgan fingerprint density at radius 1 is 1.03 bits per heavy atom. The summed E-state index contributed by atoms with van der Waals surface area (Å²) in [5, 5.41) is 46.0. The van der Waals surface area contributed by atoms with Gasteiger partial charge in [0.05, 0.1) is 11.6 Å². The van der Waals surface area contributed by atoms with Crippen LogP contribution in [-0.4, -0.2) is 38.5 Å². The fourth-order valence-electron chi connectivity index (χ4n) is 5.83. The molecule has 3 fully saturated rings. The Morgan fingerprint density at radius 3 is 2.34 bits per heavy atom. The second-order valence-corrected chi connectivity index (χ2v) is 10.2. The Balaban J connectivity index is 1.73. The van der Waals surface area contributed by atoms with Crippen LogP contribution in [0.4, 0.5) is 5.69 Å². The molecule has 0 amide bonds. The van der Waals surface area contributed by atoms with Crippen LogP contribution in [-0.2, 0) is 0 Å². The first-order chi connectivity index (χ1) is 13.6. The summed E-state index contributed by atoms with van der Waals surface area (Å²) < 4.78 is 0. The molecule has 0 bridgehead atoms. The number of anilines is 1. The van der Waals surface area contributed by atoms with Crippen LogP contribution in [0.5, 0.6) is 0 Å². The molecule has 5 rings (SSSR count). The maximum Gasteiger partial charge on any atom is 0.258 e. The third-order valence-electron chi connectivity index (χ3n) is 7.56. The quantitative estimate of drug-likeness (QED) is 0.292. The van der Waals surface area contributed by atoms with Gasteiger partial charge in [0.15, 0.2) is 0 Å². The molecule has 2 aromatic rings. The number of aliphatic hydroxyl groups is 4. The third kappa shape index (κ3) is 2.40. The van der Waals surface area contributed by atoms with Crippen LogP contribution in [0.3, 0.4) is 0 Å². The van der Waals surface area contributed by atoms with Crippen LogP contribution in [0.1, 0.15) is 31.2 Å². The van der Waals surface area contributed by atoms with E-state index in [0.29, 0.717) is 12.1 Å². The zero-order chi connectivity index (χ0) is 20.8. The number of thiol groups is 1. The van der Waals surface area contributed by atoms with Crippen molar-refractivity contribution in [1.82, 2.24) is 0 Å². The van der Waals surface area contributed by atoms with E-state index < -0.39 is 23.2 Å². The lowest BCUT2D eigenvalue weighted by Crippen LogP contribution is -2.67. The van der Waals surface area contributed by atoms with Crippen LogP contribution < -0.4 is 4.90 Å². The van der Waals surface area contributed by atoms with Crippen molar-refractivity contribution in [1.29, 1.82) is 0 Å². The minimum atomic E-state index is -2.49. The van der Waals surface area contributed by atoms with Gasteiger partial charge in [-0.25, -0.2) is 0 Å². The van der Waals surface area contributed by atoms with Gasteiger partial charge in [0.2, 0.25) is 0 Å². The molecule has 4 atom stereocenters. The van der Waals surface area contributed by atoms with Crippen LogP contribution >= 0.6 is 24.4 Å². The first-order valence-electron chi connectivity index (χ1n) is 9.72. The molecule has 4 N–H and O–H groups in total. The Morgan fingerprint density at radius 2 is 1.69 bits per heavy atom. The van der Waals surface area contributed by atoms with Crippen molar-refractivity contribution in [2.75, 3.05) is 11.2 Å². The number of nitrogens with zero attached hydrogens (tertiary/aromatic N) is 1. The van der Waals surface area contributed by atoms with Gasteiger partial charge >= 0.3 is 0 Å². The van der Waals surface area contributed by atoms with Crippen molar-refractivity contribution in [2.24, 2.45) is 16.7 Å². The Kier molecular flexibility index (Phi) is 4.03. The SMILES string of the molecule is CSc1ccccc1N1C(O)(O)C(c2ccc(S)cc2)C2CC23CC3(C)C1(O)O. The van der Waals surface area contributed by atoms with E-state index in [9.17, 15) is 20.4 Å². The molecular weight excluding hydrogens is 406 g/mol. The maximum atomic E-state index is 11.6. The lowest BCUT2D eigenvalue weighted by Gasteiger charge is -2.49. The summed E-state index contributed by atoms with van der Waals surface area (Å²) in [5.41, 5.74) is 0.0229. The summed E-state index contributed by atoms with van der Waals surface area (Å²) in [5.74, 6) is -5.62. The van der Waals surface area contributed by atoms with Crippen molar-refractivity contribution in [3.8, 4) is 0 Å². The molecule has 3 aliphatic rings. The highest BCUT2D eigenvalue weighted by atomic mass is 32.2. The summed E-state index contributed by atoms with van der Waals surface area (Å²) in [6, 6.07) is 14.5. The van der Waals surface area contributed by atoms with Crippen molar-refractivity contribution in [3.63, 3.8) is 0 Å². The van der Waals surface area contributed by atoms with Crippen LogP contribution in [0.2, 0.25) is 0 Å². The molecule has 1 aliphatic heterocycles. The summed E-state index contributed by atoms with van der Waals surface area (Å²) in [6.45, 7) is 1.84. The zero-order valence-electron chi connectivity index (χ0n) is 16.3. The highest BCUT2D eigenvalue weighted by Gasteiger charge is 2.89.